The Morgan fingerprint density at radius 1 is 0.750 bits per heavy atom. The van der Waals surface area contributed by atoms with Crippen molar-refractivity contribution in [3.8, 4) is 0 Å². The molecule has 0 unspecified atom stereocenters. The first-order chi connectivity index (χ1) is 28.5. The summed E-state index contributed by atoms with van der Waals surface area (Å²) in [5.74, 6) is -0.408. The van der Waals surface area contributed by atoms with Gasteiger partial charge in [-0.1, -0.05) is 84.5 Å². The molecule has 60 heavy (non-hydrogen) atoms. The third-order valence-electron chi connectivity index (χ3n) is 11.5. The van der Waals surface area contributed by atoms with E-state index < -0.39 is 128 Å². The van der Waals surface area contributed by atoms with E-state index in [1.807, 2.05) is 4.98 Å². The van der Waals surface area contributed by atoms with Crippen molar-refractivity contribution in [3.05, 3.63) is 33.1 Å². The summed E-state index contributed by atoms with van der Waals surface area (Å²) in [6, 6.07) is -1.94. The van der Waals surface area contributed by atoms with Crippen LogP contribution in [0.15, 0.2) is 21.9 Å². The zero-order valence-electron chi connectivity index (χ0n) is 34.8. The minimum Gasteiger partial charge on any atom is -0.394 e. The van der Waals surface area contributed by atoms with Crippen LogP contribution in [0.2, 0.25) is 0 Å². The van der Waals surface area contributed by atoms with Gasteiger partial charge in [0.2, 0.25) is 11.8 Å². The summed E-state index contributed by atoms with van der Waals surface area (Å²) in [5.41, 5.74) is -1.67. The molecule has 20 heteroatoms. The second kappa shape index (κ2) is 24.1. The fraction of sp³-hybridized carbons (Fsp3) is 0.850. The second-order valence-electron chi connectivity index (χ2n) is 16.8. The molecule has 4 rings (SSSR count). The molecule has 0 spiro atoms. The highest BCUT2D eigenvalue weighted by atomic mass is 16.8. The van der Waals surface area contributed by atoms with Crippen LogP contribution in [0, 0.1) is 5.92 Å². The van der Waals surface area contributed by atoms with Gasteiger partial charge in [0.15, 0.2) is 18.8 Å². The Kier molecular flexibility index (Phi) is 20.0. The highest BCUT2D eigenvalue weighted by molar-refractivity contribution is 5.76. The van der Waals surface area contributed by atoms with Crippen molar-refractivity contribution in [2.24, 2.45) is 5.92 Å². The van der Waals surface area contributed by atoms with Gasteiger partial charge in [-0.2, -0.15) is 0 Å². The lowest BCUT2D eigenvalue weighted by Crippen LogP contribution is -2.69. The topological polar surface area (TPSA) is 312 Å². The van der Waals surface area contributed by atoms with Crippen molar-refractivity contribution in [2.45, 2.75) is 203 Å². The maximum Gasteiger partial charge on any atom is 0.330 e. The number of aliphatic hydroxyl groups excluding tert-OH is 8. The van der Waals surface area contributed by atoms with E-state index in [1.165, 1.54) is 44.9 Å². The Labute approximate surface area is 349 Å². The van der Waals surface area contributed by atoms with Crippen molar-refractivity contribution in [1.29, 1.82) is 0 Å². The average molecular weight is 861 g/mol. The second-order valence-corrected chi connectivity index (χ2v) is 16.8. The van der Waals surface area contributed by atoms with Crippen LogP contribution in [0.25, 0.3) is 0 Å². The Morgan fingerprint density at radius 3 is 1.83 bits per heavy atom. The third kappa shape index (κ3) is 13.8. The lowest BCUT2D eigenvalue weighted by atomic mass is 9.91. The average Bonchev–Trinajstić information content (AvgIpc) is 3.49. The van der Waals surface area contributed by atoms with E-state index in [-0.39, 0.29) is 6.42 Å². The number of ether oxygens (including phenoxy) is 4. The normalized spacial score (nSPS) is 33.8. The molecule has 0 bridgehead atoms. The van der Waals surface area contributed by atoms with Gasteiger partial charge in [-0.05, 0) is 12.3 Å². The number of aliphatic hydroxyl groups is 8. The number of nitrogens with one attached hydrogen (secondary N) is 3. The van der Waals surface area contributed by atoms with Gasteiger partial charge >= 0.3 is 5.69 Å². The van der Waals surface area contributed by atoms with Gasteiger partial charge in [0.05, 0.1) is 18.8 Å². The molecular weight excluding hydrogens is 792 g/mol. The molecule has 11 N–H and O–H groups in total. The van der Waals surface area contributed by atoms with E-state index in [1.54, 1.807) is 0 Å². The molecule has 3 aliphatic heterocycles. The van der Waals surface area contributed by atoms with E-state index in [9.17, 15) is 60.0 Å². The molecule has 4 heterocycles. The van der Waals surface area contributed by atoms with Gasteiger partial charge < -0.3 is 70.4 Å². The van der Waals surface area contributed by atoms with Crippen LogP contribution in [-0.2, 0) is 28.5 Å². The SMILES string of the molecule is CC(=O)N[C@H]1[C@@H](O[C@@H]2O[C@H](C[C@@H](O)[C@H]3O[C@@H](n4ccc(=O)[nH]c4=O)[C@H](O)[C@@H]3O)[C@H](O)[C@H](O)[C@H]2NC(=O)CCCCCCCCCCCCCC(C)C)O[C@H](CO)[C@@H](O)[C@@H]1O. The lowest BCUT2D eigenvalue weighted by Gasteiger charge is -2.47. The molecule has 0 saturated carbocycles. The lowest BCUT2D eigenvalue weighted by molar-refractivity contribution is -0.347. The fourth-order valence-corrected chi connectivity index (χ4v) is 8.04. The van der Waals surface area contributed by atoms with Crippen molar-refractivity contribution in [3.63, 3.8) is 0 Å². The smallest absolute Gasteiger partial charge is 0.330 e. The van der Waals surface area contributed by atoms with Crippen LogP contribution in [0.4, 0.5) is 0 Å². The summed E-state index contributed by atoms with van der Waals surface area (Å²) in [7, 11) is 0. The maximum absolute atomic E-state index is 13.3. The molecule has 1 aromatic rings. The first-order valence-electron chi connectivity index (χ1n) is 21.4. The predicted octanol–water partition coefficient (Wildman–Crippen LogP) is -1.47. The molecule has 3 aliphatic rings. The number of unbranched alkanes of at least 4 members (excludes halogenated alkanes) is 10. The summed E-state index contributed by atoms with van der Waals surface area (Å²) >= 11 is 0. The number of aromatic amines is 1. The third-order valence-corrected chi connectivity index (χ3v) is 11.5. The summed E-state index contributed by atoms with van der Waals surface area (Å²) in [6.07, 6.45) is -7.98. The largest absolute Gasteiger partial charge is 0.394 e. The van der Waals surface area contributed by atoms with E-state index in [0.29, 0.717) is 6.42 Å². The van der Waals surface area contributed by atoms with Crippen molar-refractivity contribution in [2.75, 3.05) is 6.61 Å². The number of nitrogens with zero attached hydrogens (tertiary/aromatic N) is 1. The molecule has 3 fully saturated rings. The molecule has 0 radical (unpaired) electrons. The first-order valence-corrected chi connectivity index (χ1v) is 21.4. The number of carbonyl (C=O) groups excluding carboxylic acids is 2. The fourth-order valence-electron chi connectivity index (χ4n) is 8.04. The van der Waals surface area contributed by atoms with Crippen LogP contribution in [0.1, 0.15) is 117 Å². The van der Waals surface area contributed by atoms with Crippen LogP contribution >= 0.6 is 0 Å². The Hall–Kier alpha value is -2.86. The Morgan fingerprint density at radius 2 is 1.28 bits per heavy atom. The van der Waals surface area contributed by atoms with E-state index >= 15 is 0 Å². The summed E-state index contributed by atoms with van der Waals surface area (Å²) < 4.78 is 24.2. The molecule has 1 aromatic heterocycles. The first kappa shape index (κ1) is 49.8. The van der Waals surface area contributed by atoms with Crippen molar-refractivity contribution < 1.29 is 69.4 Å². The molecule has 3 saturated heterocycles. The minimum atomic E-state index is -1.82. The Balaban J connectivity index is 1.39. The van der Waals surface area contributed by atoms with Gasteiger partial charge in [-0.15, -0.1) is 0 Å². The zero-order chi connectivity index (χ0) is 44.1. The highest BCUT2D eigenvalue weighted by Crippen LogP contribution is 2.34. The molecule has 0 aliphatic carbocycles. The summed E-state index contributed by atoms with van der Waals surface area (Å²) in [5, 5.41) is 91.7. The number of H-pyrrole nitrogens is 1. The monoisotopic (exact) mass is 860 g/mol. The molecule has 344 valence electrons. The van der Waals surface area contributed by atoms with Gasteiger partial charge in [-0.3, -0.25) is 23.9 Å². The number of rotatable bonds is 23. The highest BCUT2D eigenvalue weighted by Gasteiger charge is 2.53. The molecular formula is C40H68N4O16. The van der Waals surface area contributed by atoms with E-state index in [4.69, 9.17) is 18.9 Å². The van der Waals surface area contributed by atoms with E-state index in [2.05, 4.69) is 24.5 Å². The van der Waals surface area contributed by atoms with Gasteiger partial charge in [-0.25, -0.2) is 4.79 Å². The summed E-state index contributed by atoms with van der Waals surface area (Å²) in [6.45, 7) is 4.86. The molecule has 0 aromatic carbocycles. The van der Waals surface area contributed by atoms with Crippen LogP contribution in [0.3, 0.4) is 0 Å². The van der Waals surface area contributed by atoms with Gasteiger partial charge in [0, 0.05) is 32.0 Å². The van der Waals surface area contributed by atoms with Crippen LogP contribution < -0.4 is 21.9 Å². The van der Waals surface area contributed by atoms with Crippen LogP contribution in [-0.4, -0.2) is 155 Å². The number of amides is 2. The van der Waals surface area contributed by atoms with Crippen LogP contribution in [0.5, 0.6) is 0 Å². The van der Waals surface area contributed by atoms with E-state index in [0.717, 1.165) is 55.4 Å². The quantitative estimate of drug-likeness (QED) is 0.0560. The number of carbonyl (C=O) groups is 2. The van der Waals surface area contributed by atoms with Crippen molar-refractivity contribution >= 4 is 11.8 Å². The number of hydrogen-bond acceptors (Lipinski definition) is 16. The summed E-state index contributed by atoms with van der Waals surface area (Å²) in [4.78, 5) is 51.3. The van der Waals surface area contributed by atoms with Gasteiger partial charge in [0.1, 0.15) is 60.9 Å². The Bertz CT molecular complexity index is 1580. The standard InChI is InChI=1S/C40H68N4O16/c1-21(2)15-13-11-9-7-5-4-6-8-10-12-14-16-26(48)42-29-33(53)30(50)24(57-39(29)60-38-28(41-22(3)46)32(52)31(51)25(20-45)58-38)19-23(47)36-34(54)35(55)37(59-36)44-18-17-27(49)43-40(44)56/h17-18,21,23-25,28-39,45,47,50-55H,4-16,19-20H2,1-3H3,(H,41,46)(H,42,48)(H,43,49,56)/t23-,24-,25-,28-,29-,30+,31-,32-,33-,34+,35-,36-,37-,38-,39+/m1/s1. The maximum atomic E-state index is 13.3. The van der Waals surface area contributed by atoms with Gasteiger partial charge in [0.25, 0.3) is 5.56 Å². The zero-order valence-corrected chi connectivity index (χ0v) is 34.8. The molecule has 15 atom stereocenters. The van der Waals surface area contributed by atoms with Crippen molar-refractivity contribution in [1.82, 2.24) is 20.2 Å². The predicted molar refractivity (Wildman–Crippen MR) is 212 cm³/mol. The molecule has 20 nitrogen and oxygen atoms in total. The number of hydrogen-bond donors (Lipinski definition) is 11. The number of aromatic nitrogens is 2. The molecule has 2 amide bonds. The minimum absolute atomic E-state index is 0.0648.